The highest BCUT2D eigenvalue weighted by Gasteiger charge is 2.19. The lowest BCUT2D eigenvalue weighted by molar-refractivity contribution is 0.0793. The summed E-state index contributed by atoms with van der Waals surface area (Å²) in [5.41, 5.74) is 3.93. The minimum atomic E-state index is -0.114. The largest absolute Gasteiger partial charge is 0.393 e. The maximum absolute atomic E-state index is 9.70. The molecule has 1 saturated heterocycles. The van der Waals surface area contributed by atoms with Gasteiger partial charge in [0, 0.05) is 37.3 Å². The Hall–Kier alpha value is -1.84. The SMILES string of the molecule is CC(Nc1ccccc1CN1CCC(O)CC1)C(C)c1ccccc1. The van der Waals surface area contributed by atoms with Crippen LogP contribution in [0.2, 0.25) is 0 Å². The number of likely N-dealkylation sites (tertiary alicyclic amines) is 1. The average molecular weight is 338 g/mol. The number of piperidine rings is 1. The van der Waals surface area contributed by atoms with Crippen LogP contribution in [0.5, 0.6) is 0 Å². The van der Waals surface area contributed by atoms with Gasteiger partial charge in [-0.3, -0.25) is 4.90 Å². The molecule has 3 nitrogen and oxygen atoms in total. The van der Waals surface area contributed by atoms with E-state index in [1.54, 1.807) is 0 Å². The number of anilines is 1. The fraction of sp³-hybridized carbons (Fsp3) is 0.455. The van der Waals surface area contributed by atoms with E-state index in [0.717, 1.165) is 32.5 Å². The number of benzene rings is 2. The zero-order chi connectivity index (χ0) is 17.6. The van der Waals surface area contributed by atoms with Crippen LogP contribution in [-0.4, -0.2) is 35.2 Å². The standard InChI is InChI=1S/C22H30N2O/c1-17(19-8-4-3-5-9-19)18(2)23-22-11-7-6-10-20(22)16-24-14-12-21(25)13-15-24/h3-11,17-18,21,23,25H,12-16H2,1-2H3. The lowest BCUT2D eigenvalue weighted by Crippen LogP contribution is -2.35. The van der Waals surface area contributed by atoms with Crippen LogP contribution in [0, 0.1) is 0 Å². The highest BCUT2D eigenvalue weighted by Crippen LogP contribution is 2.25. The van der Waals surface area contributed by atoms with Crippen molar-refractivity contribution in [1.29, 1.82) is 0 Å². The highest BCUT2D eigenvalue weighted by molar-refractivity contribution is 5.52. The van der Waals surface area contributed by atoms with Crippen molar-refractivity contribution >= 4 is 5.69 Å². The Kier molecular flexibility index (Phi) is 6.11. The van der Waals surface area contributed by atoms with Gasteiger partial charge in [0.1, 0.15) is 0 Å². The summed E-state index contributed by atoms with van der Waals surface area (Å²) in [5, 5.41) is 13.4. The Labute approximate surface area is 151 Å². The van der Waals surface area contributed by atoms with Gasteiger partial charge in [-0.05, 0) is 37.0 Å². The van der Waals surface area contributed by atoms with Crippen molar-refractivity contribution in [2.75, 3.05) is 18.4 Å². The molecule has 0 amide bonds. The molecule has 3 heteroatoms. The first-order chi connectivity index (χ1) is 12.1. The lowest BCUT2D eigenvalue weighted by atomic mass is 9.94. The van der Waals surface area contributed by atoms with Gasteiger partial charge in [-0.15, -0.1) is 0 Å². The maximum Gasteiger partial charge on any atom is 0.0564 e. The van der Waals surface area contributed by atoms with E-state index in [2.05, 4.69) is 78.7 Å². The smallest absolute Gasteiger partial charge is 0.0564 e. The van der Waals surface area contributed by atoms with Gasteiger partial charge >= 0.3 is 0 Å². The van der Waals surface area contributed by atoms with Gasteiger partial charge in [0.15, 0.2) is 0 Å². The number of aliphatic hydroxyl groups excluding tert-OH is 1. The lowest BCUT2D eigenvalue weighted by Gasteiger charge is -2.31. The van der Waals surface area contributed by atoms with Crippen molar-refractivity contribution in [1.82, 2.24) is 4.90 Å². The number of aliphatic hydroxyl groups is 1. The van der Waals surface area contributed by atoms with Crippen molar-refractivity contribution in [3.8, 4) is 0 Å². The summed E-state index contributed by atoms with van der Waals surface area (Å²) in [6.07, 6.45) is 1.66. The van der Waals surface area contributed by atoms with E-state index in [0.29, 0.717) is 12.0 Å². The van der Waals surface area contributed by atoms with Crippen LogP contribution < -0.4 is 5.32 Å². The summed E-state index contributed by atoms with van der Waals surface area (Å²) >= 11 is 0. The molecule has 0 bridgehead atoms. The van der Waals surface area contributed by atoms with Crippen molar-refractivity contribution in [2.45, 2.75) is 51.3 Å². The molecule has 25 heavy (non-hydrogen) atoms. The Morgan fingerprint density at radius 1 is 1.00 bits per heavy atom. The van der Waals surface area contributed by atoms with Gasteiger partial charge in [-0.2, -0.15) is 0 Å². The third-order valence-corrected chi connectivity index (χ3v) is 5.43. The predicted octanol–water partition coefficient (Wildman–Crippen LogP) is 4.25. The second-order valence-corrected chi connectivity index (χ2v) is 7.30. The van der Waals surface area contributed by atoms with E-state index in [1.165, 1.54) is 16.8 Å². The first-order valence-electron chi connectivity index (χ1n) is 9.43. The van der Waals surface area contributed by atoms with Crippen molar-refractivity contribution < 1.29 is 5.11 Å². The Morgan fingerprint density at radius 3 is 2.36 bits per heavy atom. The van der Waals surface area contributed by atoms with Crippen LogP contribution in [0.3, 0.4) is 0 Å². The summed E-state index contributed by atoms with van der Waals surface area (Å²) in [4.78, 5) is 2.44. The zero-order valence-corrected chi connectivity index (χ0v) is 15.4. The molecule has 0 radical (unpaired) electrons. The van der Waals surface area contributed by atoms with Crippen LogP contribution >= 0.6 is 0 Å². The molecule has 2 atom stereocenters. The number of para-hydroxylation sites is 1. The normalized spacial score (nSPS) is 18.7. The fourth-order valence-corrected chi connectivity index (χ4v) is 3.53. The van der Waals surface area contributed by atoms with Crippen LogP contribution in [0.15, 0.2) is 54.6 Å². The summed E-state index contributed by atoms with van der Waals surface area (Å²) in [6, 6.07) is 19.7. The molecule has 0 aromatic heterocycles. The van der Waals surface area contributed by atoms with Gasteiger partial charge in [-0.25, -0.2) is 0 Å². The summed E-state index contributed by atoms with van der Waals surface area (Å²) < 4.78 is 0. The van der Waals surface area contributed by atoms with Gasteiger partial charge in [0.2, 0.25) is 0 Å². The third-order valence-electron chi connectivity index (χ3n) is 5.43. The molecular weight excluding hydrogens is 308 g/mol. The molecule has 0 aliphatic carbocycles. The number of nitrogens with zero attached hydrogens (tertiary/aromatic N) is 1. The highest BCUT2D eigenvalue weighted by atomic mass is 16.3. The average Bonchev–Trinajstić information content (AvgIpc) is 2.65. The summed E-state index contributed by atoms with van der Waals surface area (Å²) in [6.45, 7) is 7.44. The molecule has 0 saturated carbocycles. The maximum atomic E-state index is 9.70. The fourth-order valence-electron chi connectivity index (χ4n) is 3.53. The molecule has 1 heterocycles. The minimum Gasteiger partial charge on any atom is -0.393 e. The van der Waals surface area contributed by atoms with Gasteiger partial charge in [-0.1, -0.05) is 55.5 Å². The number of rotatable bonds is 6. The Bertz CT molecular complexity index is 650. The monoisotopic (exact) mass is 338 g/mol. The predicted molar refractivity (Wildman–Crippen MR) is 105 cm³/mol. The van der Waals surface area contributed by atoms with Crippen LogP contribution in [0.4, 0.5) is 5.69 Å². The summed E-state index contributed by atoms with van der Waals surface area (Å²) in [5.74, 6) is 0.444. The first-order valence-corrected chi connectivity index (χ1v) is 9.43. The molecule has 1 fully saturated rings. The Balaban J connectivity index is 1.66. The molecule has 2 aromatic rings. The molecule has 2 N–H and O–H groups in total. The molecular formula is C22H30N2O. The zero-order valence-electron chi connectivity index (χ0n) is 15.4. The van der Waals surface area contributed by atoms with E-state index in [4.69, 9.17) is 0 Å². The minimum absolute atomic E-state index is 0.114. The number of hydrogen-bond acceptors (Lipinski definition) is 3. The molecule has 1 aliphatic rings. The molecule has 1 aliphatic heterocycles. The molecule has 2 aromatic carbocycles. The van der Waals surface area contributed by atoms with Crippen LogP contribution in [-0.2, 0) is 6.54 Å². The first kappa shape index (κ1) is 18.0. The topological polar surface area (TPSA) is 35.5 Å². The van der Waals surface area contributed by atoms with Crippen LogP contribution in [0.25, 0.3) is 0 Å². The quantitative estimate of drug-likeness (QED) is 0.826. The molecule has 2 unspecified atom stereocenters. The molecule has 134 valence electrons. The molecule has 3 rings (SSSR count). The second kappa shape index (κ2) is 8.50. The summed E-state index contributed by atoms with van der Waals surface area (Å²) in [7, 11) is 0. The van der Waals surface area contributed by atoms with E-state index in [1.807, 2.05) is 0 Å². The van der Waals surface area contributed by atoms with Crippen LogP contribution in [0.1, 0.15) is 43.7 Å². The van der Waals surface area contributed by atoms with E-state index < -0.39 is 0 Å². The third kappa shape index (κ3) is 4.83. The van der Waals surface area contributed by atoms with Gasteiger partial charge < -0.3 is 10.4 Å². The van der Waals surface area contributed by atoms with Gasteiger partial charge in [0.05, 0.1) is 6.10 Å². The molecule has 0 spiro atoms. The van der Waals surface area contributed by atoms with Crippen molar-refractivity contribution in [2.24, 2.45) is 0 Å². The van der Waals surface area contributed by atoms with Crippen molar-refractivity contribution in [3.63, 3.8) is 0 Å². The van der Waals surface area contributed by atoms with Crippen molar-refractivity contribution in [3.05, 3.63) is 65.7 Å². The number of nitrogens with one attached hydrogen (secondary N) is 1. The van der Waals surface area contributed by atoms with E-state index >= 15 is 0 Å². The Morgan fingerprint density at radius 2 is 1.64 bits per heavy atom. The van der Waals surface area contributed by atoms with Gasteiger partial charge in [0.25, 0.3) is 0 Å². The van der Waals surface area contributed by atoms with E-state index in [-0.39, 0.29) is 6.10 Å². The second-order valence-electron chi connectivity index (χ2n) is 7.30. The number of hydrogen-bond donors (Lipinski definition) is 2. The van der Waals surface area contributed by atoms with E-state index in [9.17, 15) is 5.11 Å².